The van der Waals surface area contributed by atoms with Crippen molar-refractivity contribution in [2.24, 2.45) is 5.41 Å². The molecule has 2 aliphatic rings. The highest BCUT2D eigenvalue weighted by Gasteiger charge is 2.48. The Labute approximate surface area is 102 Å². The molecule has 1 saturated carbocycles. The molecular weight excluding hydrogens is 220 g/mol. The summed E-state index contributed by atoms with van der Waals surface area (Å²) >= 11 is 0. The van der Waals surface area contributed by atoms with E-state index in [2.05, 4.69) is 0 Å². The van der Waals surface area contributed by atoms with Gasteiger partial charge in [0.15, 0.2) is 6.23 Å². The first-order valence-electron chi connectivity index (χ1n) is 6.21. The molecule has 0 aromatic rings. The maximum absolute atomic E-state index is 11.9. The fourth-order valence-electron chi connectivity index (χ4n) is 1.99. The molecule has 2 amide bonds. The van der Waals surface area contributed by atoms with E-state index in [0.717, 1.165) is 12.8 Å². The number of nitrogens with zero attached hydrogens (tertiary/aromatic N) is 2. The first-order chi connectivity index (χ1) is 7.98. The Bertz CT molecular complexity index is 339. The quantitative estimate of drug-likeness (QED) is 0.701. The average molecular weight is 240 g/mol. The number of carbonyl (C=O) groups excluding carboxylic acids is 2. The van der Waals surface area contributed by atoms with Crippen LogP contribution < -0.4 is 0 Å². The zero-order valence-corrected chi connectivity index (χ0v) is 10.7. The molecule has 1 aliphatic carbocycles. The van der Waals surface area contributed by atoms with Crippen molar-refractivity contribution in [3.8, 4) is 0 Å². The highest BCUT2D eigenvalue weighted by molar-refractivity contribution is 5.80. The van der Waals surface area contributed by atoms with Crippen LogP contribution in [0.5, 0.6) is 0 Å². The molecule has 5 nitrogen and oxygen atoms in total. The van der Waals surface area contributed by atoms with Crippen LogP contribution in [0.1, 0.15) is 33.1 Å². The molecule has 1 aliphatic heterocycles. The van der Waals surface area contributed by atoms with Gasteiger partial charge in [0.2, 0.25) is 0 Å². The highest BCUT2D eigenvalue weighted by Crippen LogP contribution is 2.46. The number of hydrogen-bond donors (Lipinski definition) is 0. The number of hydrogen-bond acceptors (Lipinski definition) is 3. The van der Waals surface area contributed by atoms with Crippen molar-refractivity contribution < 1.29 is 14.3 Å². The van der Waals surface area contributed by atoms with E-state index in [1.165, 1.54) is 4.90 Å². The maximum atomic E-state index is 11.9. The summed E-state index contributed by atoms with van der Waals surface area (Å²) < 4.78 is 5.43. The molecule has 5 heteroatoms. The predicted octanol–water partition coefficient (Wildman–Crippen LogP) is 1.43. The van der Waals surface area contributed by atoms with Gasteiger partial charge >= 0.3 is 12.0 Å². The van der Waals surface area contributed by atoms with Crippen LogP contribution in [-0.4, -0.2) is 48.2 Å². The molecule has 0 aromatic heterocycles. The summed E-state index contributed by atoms with van der Waals surface area (Å²) in [6, 6.07) is -0.0579. The molecule has 2 rings (SSSR count). The SMILES string of the molecule is CCN1CCC(OC(=O)C2(C)CC2)N(C)C1=O. The summed E-state index contributed by atoms with van der Waals surface area (Å²) in [5.74, 6) is -0.160. The zero-order chi connectivity index (χ0) is 12.6. The van der Waals surface area contributed by atoms with Gasteiger partial charge < -0.3 is 9.64 Å². The molecule has 0 bridgehead atoms. The first-order valence-corrected chi connectivity index (χ1v) is 6.21. The van der Waals surface area contributed by atoms with Gasteiger partial charge in [-0.1, -0.05) is 0 Å². The summed E-state index contributed by atoms with van der Waals surface area (Å²) in [4.78, 5) is 27.0. The lowest BCUT2D eigenvalue weighted by Crippen LogP contribution is -2.54. The van der Waals surface area contributed by atoms with Crippen LogP contribution in [0.15, 0.2) is 0 Å². The molecule has 1 heterocycles. The van der Waals surface area contributed by atoms with Gasteiger partial charge in [0.25, 0.3) is 0 Å². The Morgan fingerprint density at radius 3 is 2.71 bits per heavy atom. The van der Waals surface area contributed by atoms with Crippen LogP contribution in [0.25, 0.3) is 0 Å². The number of carbonyl (C=O) groups is 2. The van der Waals surface area contributed by atoms with E-state index in [1.54, 1.807) is 11.9 Å². The van der Waals surface area contributed by atoms with Crippen molar-refractivity contribution in [3.63, 3.8) is 0 Å². The molecule has 96 valence electrons. The van der Waals surface area contributed by atoms with E-state index in [0.29, 0.717) is 19.5 Å². The molecule has 0 radical (unpaired) electrons. The Balaban J connectivity index is 1.94. The average Bonchev–Trinajstić information content (AvgIpc) is 3.05. The van der Waals surface area contributed by atoms with E-state index < -0.39 is 6.23 Å². The van der Waals surface area contributed by atoms with Crippen LogP contribution in [0.4, 0.5) is 4.79 Å². The van der Waals surface area contributed by atoms with E-state index in [9.17, 15) is 9.59 Å². The lowest BCUT2D eigenvalue weighted by Gasteiger charge is -2.38. The van der Waals surface area contributed by atoms with Crippen molar-refractivity contribution in [1.29, 1.82) is 0 Å². The highest BCUT2D eigenvalue weighted by atomic mass is 16.6. The number of ether oxygens (including phenoxy) is 1. The van der Waals surface area contributed by atoms with Crippen LogP contribution in [0, 0.1) is 5.41 Å². The molecule has 17 heavy (non-hydrogen) atoms. The zero-order valence-electron chi connectivity index (χ0n) is 10.7. The topological polar surface area (TPSA) is 49.9 Å². The van der Waals surface area contributed by atoms with Crippen molar-refractivity contribution in [1.82, 2.24) is 9.80 Å². The first kappa shape index (κ1) is 12.2. The number of amides is 2. The van der Waals surface area contributed by atoms with Crippen LogP contribution in [-0.2, 0) is 9.53 Å². The second-order valence-corrected chi connectivity index (χ2v) is 5.18. The van der Waals surface area contributed by atoms with Gasteiger partial charge in [-0.3, -0.25) is 9.69 Å². The van der Waals surface area contributed by atoms with Crippen LogP contribution >= 0.6 is 0 Å². The van der Waals surface area contributed by atoms with Crippen LogP contribution in [0.3, 0.4) is 0 Å². The minimum Gasteiger partial charge on any atom is -0.441 e. The minimum atomic E-state index is -0.393. The monoisotopic (exact) mass is 240 g/mol. The summed E-state index contributed by atoms with van der Waals surface area (Å²) in [5, 5.41) is 0. The molecule has 2 fully saturated rings. The standard InChI is InChI=1S/C12H20N2O3/c1-4-14-8-5-9(13(3)11(14)16)17-10(15)12(2)6-7-12/h9H,4-8H2,1-3H3. The summed E-state index contributed by atoms with van der Waals surface area (Å²) in [6.07, 6.45) is 2.10. The van der Waals surface area contributed by atoms with E-state index in [-0.39, 0.29) is 17.4 Å². The van der Waals surface area contributed by atoms with Crippen molar-refractivity contribution in [2.45, 2.75) is 39.3 Å². The molecular formula is C12H20N2O3. The molecule has 1 unspecified atom stereocenters. The molecule has 0 aromatic carbocycles. The molecule has 1 atom stereocenters. The van der Waals surface area contributed by atoms with E-state index >= 15 is 0 Å². The third kappa shape index (κ3) is 2.23. The predicted molar refractivity (Wildman–Crippen MR) is 62.2 cm³/mol. The lowest BCUT2D eigenvalue weighted by molar-refractivity contribution is -0.164. The Morgan fingerprint density at radius 1 is 1.53 bits per heavy atom. The fraction of sp³-hybridized carbons (Fsp3) is 0.833. The Kier molecular flexibility index (Phi) is 3.02. The third-order valence-electron chi connectivity index (χ3n) is 3.77. The summed E-state index contributed by atoms with van der Waals surface area (Å²) in [7, 11) is 1.69. The van der Waals surface area contributed by atoms with Gasteiger partial charge in [-0.2, -0.15) is 0 Å². The van der Waals surface area contributed by atoms with Crippen molar-refractivity contribution in [3.05, 3.63) is 0 Å². The third-order valence-corrected chi connectivity index (χ3v) is 3.77. The van der Waals surface area contributed by atoms with E-state index in [1.807, 2.05) is 13.8 Å². The van der Waals surface area contributed by atoms with E-state index in [4.69, 9.17) is 4.74 Å². The number of esters is 1. The van der Waals surface area contributed by atoms with Crippen LogP contribution in [0.2, 0.25) is 0 Å². The van der Waals surface area contributed by atoms with Gasteiger partial charge in [0, 0.05) is 26.6 Å². The summed E-state index contributed by atoms with van der Waals surface area (Å²) in [6.45, 7) is 5.22. The van der Waals surface area contributed by atoms with Gasteiger partial charge in [-0.05, 0) is 26.7 Å². The summed E-state index contributed by atoms with van der Waals surface area (Å²) in [5.41, 5.74) is -0.286. The largest absolute Gasteiger partial charge is 0.441 e. The van der Waals surface area contributed by atoms with Gasteiger partial charge in [-0.15, -0.1) is 0 Å². The maximum Gasteiger partial charge on any atom is 0.322 e. The molecule has 0 N–H and O–H groups in total. The Hall–Kier alpha value is -1.26. The van der Waals surface area contributed by atoms with Gasteiger partial charge in [-0.25, -0.2) is 4.79 Å². The molecule has 0 spiro atoms. The molecule has 1 saturated heterocycles. The Morgan fingerprint density at radius 2 is 2.18 bits per heavy atom. The lowest BCUT2D eigenvalue weighted by atomic mass is 10.1. The van der Waals surface area contributed by atoms with Gasteiger partial charge in [0.1, 0.15) is 0 Å². The second-order valence-electron chi connectivity index (χ2n) is 5.18. The fourth-order valence-corrected chi connectivity index (χ4v) is 1.99. The van der Waals surface area contributed by atoms with Gasteiger partial charge in [0.05, 0.1) is 5.41 Å². The number of urea groups is 1. The minimum absolute atomic E-state index is 0.0579. The van der Waals surface area contributed by atoms with Crippen molar-refractivity contribution in [2.75, 3.05) is 20.1 Å². The second kappa shape index (κ2) is 4.20. The number of rotatable bonds is 3. The normalized spacial score (nSPS) is 27.0. The van der Waals surface area contributed by atoms with Crippen molar-refractivity contribution >= 4 is 12.0 Å². The smallest absolute Gasteiger partial charge is 0.322 e.